The van der Waals surface area contributed by atoms with Crippen LogP contribution in [0.15, 0.2) is 22.8 Å². The summed E-state index contributed by atoms with van der Waals surface area (Å²) in [5.74, 6) is -0.406. The van der Waals surface area contributed by atoms with Crippen LogP contribution in [0.2, 0.25) is 0 Å². The van der Waals surface area contributed by atoms with Gasteiger partial charge in [0.1, 0.15) is 5.69 Å². The normalized spacial score (nSPS) is 11.1. The molecular formula is C9H9BrINO2. The highest BCUT2D eigenvalue weighted by atomic mass is 127. The van der Waals surface area contributed by atoms with Crippen molar-refractivity contribution in [3.8, 4) is 0 Å². The van der Waals surface area contributed by atoms with E-state index in [2.05, 4.69) is 20.9 Å². The minimum atomic E-state index is -0.510. The first-order chi connectivity index (χ1) is 6.38. The molecule has 0 radical (unpaired) electrons. The van der Waals surface area contributed by atoms with Crippen LogP contribution in [0, 0.1) is 0 Å². The zero-order valence-electron chi connectivity index (χ0n) is 7.75. The zero-order valence-corrected chi connectivity index (χ0v) is 11.5. The van der Waals surface area contributed by atoms with Crippen LogP contribution in [-0.2, 0) is 4.74 Å². The lowest BCUT2D eigenvalue weighted by atomic mass is 10.3. The third-order valence-corrected chi connectivity index (χ3v) is 1.96. The van der Waals surface area contributed by atoms with Gasteiger partial charge in [-0.25, -0.2) is 9.78 Å². The number of rotatable bonds is 2. The number of pyridine rings is 1. The van der Waals surface area contributed by atoms with E-state index in [1.807, 2.05) is 36.4 Å². The van der Waals surface area contributed by atoms with Crippen LogP contribution in [0.3, 0.4) is 0 Å². The molecule has 1 aromatic heterocycles. The van der Waals surface area contributed by atoms with Gasteiger partial charge in [0.25, 0.3) is 0 Å². The Morgan fingerprint density at radius 1 is 1.57 bits per heavy atom. The van der Waals surface area contributed by atoms with Crippen molar-refractivity contribution in [3.63, 3.8) is 0 Å². The highest BCUT2D eigenvalue weighted by Crippen LogP contribution is 2.20. The maximum atomic E-state index is 11.5. The molecule has 14 heavy (non-hydrogen) atoms. The Bertz CT molecular complexity index is 332. The van der Waals surface area contributed by atoms with Crippen molar-refractivity contribution in [2.75, 3.05) is 0 Å². The van der Waals surface area contributed by atoms with Crippen molar-refractivity contribution in [2.45, 2.75) is 17.5 Å². The molecule has 3 nitrogen and oxygen atoms in total. The van der Waals surface area contributed by atoms with E-state index in [1.54, 1.807) is 18.3 Å². The highest BCUT2D eigenvalue weighted by molar-refractivity contribution is 14.1. The lowest BCUT2D eigenvalue weighted by molar-refractivity contribution is 0.0333. The van der Waals surface area contributed by atoms with Gasteiger partial charge in [-0.3, -0.25) is 0 Å². The fourth-order valence-corrected chi connectivity index (χ4v) is 1.20. The van der Waals surface area contributed by atoms with Crippen molar-refractivity contribution in [1.82, 2.24) is 4.98 Å². The largest absolute Gasteiger partial charge is 0.444 e. The molecule has 0 atom stereocenters. The zero-order chi connectivity index (χ0) is 10.8. The topological polar surface area (TPSA) is 39.2 Å². The summed E-state index contributed by atoms with van der Waals surface area (Å²) in [5, 5.41) is 0. The van der Waals surface area contributed by atoms with E-state index in [-0.39, 0.29) is 0 Å². The predicted molar refractivity (Wildman–Crippen MR) is 65.5 cm³/mol. The number of esters is 1. The van der Waals surface area contributed by atoms with E-state index in [0.29, 0.717) is 5.69 Å². The first kappa shape index (κ1) is 11.9. The molecule has 0 fully saturated rings. The average Bonchev–Trinajstić information content (AvgIpc) is 2.02. The Labute approximate surface area is 105 Å². The van der Waals surface area contributed by atoms with E-state index < -0.39 is 9.58 Å². The standard InChI is InChI=1S/C9H9BrINO2/c1-9(2,11)14-8(13)7-4-3-6(10)5-12-7/h3-5H,1-2H3. The van der Waals surface area contributed by atoms with Crippen molar-refractivity contribution < 1.29 is 9.53 Å². The van der Waals surface area contributed by atoms with Gasteiger partial charge in [0.2, 0.25) is 0 Å². The number of alkyl halides is 1. The number of carbonyl (C=O) groups excluding carboxylic acids is 1. The van der Waals surface area contributed by atoms with Crippen molar-refractivity contribution in [2.24, 2.45) is 0 Å². The monoisotopic (exact) mass is 369 g/mol. The third kappa shape index (κ3) is 3.91. The number of ether oxygens (including phenoxy) is 1. The number of aromatic nitrogens is 1. The Kier molecular flexibility index (Phi) is 3.88. The molecule has 0 amide bonds. The molecule has 0 bridgehead atoms. The molecule has 0 saturated carbocycles. The first-order valence-corrected chi connectivity index (χ1v) is 5.79. The van der Waals surface area contributed by atoms with Crippen LogP contribution in [0.5, 0.6) is 0 Å². The molecule has 0 aromatic carbocycles. The lowest BCUT2D eigenvalue weighted by Crippen LogP contribution is -2.21. The summed E-state index contributed by atoms with van der Waals surface area (Å²) in [6, 6.07) is 3.37. The molecule has 0 aliphatic heterocycles. The number of hydrogen-bond acceptors (Lipinski definition) is 3. The molecule has 0 N–H and O–H groups in total. The van der Waals surface area contributed by atoms with Gasteiger partial charge >= 0.3 is 5.97 Å². The molecule has 76 valence electrons. The van der Waals surface area contributed by atoms with Gasteiger partial charge in [-0.2, -0.15) is 0 Å². The number of carbonyl (C=O) groups is 1. The van der Waals surface area contributed by atoms with E-state index in [1.165, 1.54) is 0 Å². The van der Waals surface area contributed by atoms with E-state index in [9.17, 15) is 4.79 Å². The second-order valence-corrected chi connectivity index (χ2v) is 6.63. The fourth-order valence-electron chi connectivity index (χ4n) is 0.769. The Hall–Kier alpha value is -0.170. The van der Waals surface area contributed by atoms with Gasteiger partial charge in [-0.05, 0) is 64.5 Å². The van der Waals surface area contributed by atoms with Gasteiger partial charge in [-0.15, -0.1) is 0 Å². The molecule has 1 rings (SSSR count). The van der Waals surface area contributed by atoms with Crippen molar-refractivity contribution in [1.29, 1.82) is 0 Å². The molecular weight excluding hydrogens is 361 g/mol. The van der Waals surface area contributed by atoms with Crippen LogP contribution < -0.4 is 0 Å². The minimum absolute atomic E-state index is 0.318. The summed E-state index contributed by atoms with van der Waals surface area (Å²) in [6.45, 7) is 3.62. The van der Waals surface area contributed by atoms with Gasteiger partial charge in [0.05, 0.1) is 0 Å². The minimum Gasteiger partial charge on any atom is -0.444 e. The number of halogens is 2. The molecule has 1 aromatic rings. The summed E-state index contributed by atoms with van der Waals surface area (Å²) < 4.78 is 5.46. The van der Waals surface area contributed by atoms with Crippen molar-refractivity contribution >= 4 is 44.5 Å². The summed E-state index contributed by atoms with van der Waals surface area (Å²) >= 11 is 5.29. The van der Waals surface area contributed by atoms with Gasteiger partial charge in [0, 0.05) is 10.7 Å². The van der Waals surface area contributed by atoms with Crippen LogP contribution in [0.1, 0.15) is 24.3 Å². The lowest BCUT2D eigenvalue weighted by Gasteiger charge is -2.16. The number of nitrogens with zero attached hydrogens (tertiary/aromatic N) is 1. The smallest absolute Gasteiger partial charge is 0.358 e. The second kappa shape index (κ2) is 4.57. The maximum Gasteiger partial charge on any atom is 0.358 e. The van der Waals surface area contributed by atoms with Gasteiger partial charge in [-0.1, -0.05) is 0 Å². The number of hydrogen-bond donors (Lipinski definition) is 0. The average molecular weight is 370 g/mol. The summed E-state index contributed by atoms with van der Waals surface area (Å²) in [5.41, 5.74) is 0.318. The van der Waals surface area contributed by atoms with Crippen LogP contribution in [0.4, 0.5) is 0 Å². The van der Waals surface area contributed by atoms with E-state index in [0.717, 1.165) is 4.47 Å². The molecule has 0 saturated heterocycles. The molecule has 0 spiro atoms. The molecule has 1 heterocycles. The van der Waals surface area contributed by atoms with Crippen LogP contribution in [-0.4, -0.2) is 14.6 Å². The third-order valence-electron chi connectivity index (χ3n) is 1.27. The predicted octanol–water partition coefficient (Wildman–Crippen LogP) is 3.17. The quantitative estimate of drug-likeness (QED) is 0.456. The SMILES string of the molecule is CC(C)(I)OC(=O)c1ccc(Br)cn1. The van der Waals surface area contributed by atoms with Gasteiger partial charge in [0.15, 0.2) is 3.61 Å². The Morgan fingerprint density at radius 2 is 2.21 bits per heavy atom. The van der Waals surface area contributed by atoms with Crippen LogP contribution in [0.25, 0.3) is 0 Å². The molecule has 0 aliphatic carbocycles. The van der Waals surface area contributed by atoms with Gasteiger partial charge < -0.3 is 4.74 Å². The van der Waals surface area contributed by atoms with E-state index in [4.69, 9.17) is 4.74 Å². The molecule has 0 unspecified atom stereocenters. The first-order valence-electron chi connectivity index (χ1n) is 3.92. The highest BCUT2D eigenvalue weighted by Gasteiger charge is 2.20. The van der Waals surface area contributed by atoms with Crippen molar-refractivity contribution in [3.05, 3.63) is 28.5 Å². The summed E-state index contributed by atoms with van der Waals surface area (Å²) in [7, 11) is 0. The Morgan fingerprint density at radius 3 is 2.64 bits per heavy atom. The summed E-state index contributed by atoms with van der Waals surface area (Å²) in [4.78, 5) is 15.4. The summed E-state index contributed by atoms with van der Waals surface area (Å²) in [6.07, 6.45) is 1.57. The Balaban J connectivity index is 2.76. The van der Waals surface area contributed by atoms with E-state index >= 15 is 0 Å². The molecule has 5 heteroatoms. The van der Waals surface area contributed by atoms with Crippen LogP contribution >= 0.6 is 38.5 Å². The fraction of sp³-hybridized carbons (Fsp3) is 0.333. The second-order valence-electron chi connectivity index (χ2n) is 3.11. The molecule has 0 aliphatic rings. The maximum absolute atomic E-state index is 11.5.